The van der Waals surface area contributed by atoms with Gasteiger partial charge in [-0.25, -0.2) is 4.98 Å². The number of hydrogen-bond acceptors (Lipinski definition) is 1. The zero-order valence-electron chi connectivity index (χ0n) is 9.66. The minimum Gasteiger partial charge on any atom is -0.337 e. The van der Waals surface area contributed by atoms with Gasteiger partial charge in [0.1, 0.15) is 0 Å². The average Bonchev–Trinajstić information content (AvgIpc) is 2.67. The van der Waals surface area contributed by atoms with Gasteiger partial charge >= 0.3 is 0 Å². The molecule has 0 atom stereocenters. The fourth-order valence-corrected chi connectivity index (χ4v) is 1.76. The van der Waals surface area contributed by atoms with Crippen LogP contribution in [0.5, 0.6) is 0 Å². The van der Waals surface area contributed by atoms with E-state index in [1.807, 2.05) is 6.33 Å². The molecule has 0 fully saturated rings. The van der Waals surface area contributed by atoms with Crippen LogP contribution in [-0.4, -0.2) is 9.55 Å². The van der Waals surface area contributed by atoms with E-state index in [4.69, 9.17) is 0 Å². The molecule has 1 rings (SSSR count). The Balaban J connectivity index is 2.37. The van der Waals surface area contributed by atoms with E-state index in [2.05, 4.69) is 36.5 Å². The molecule has 0 N–H and O–H groups in total. The normalized spacial score (nSPS) is 11.1. The predicted octanol–water partition coefficient (Wildman–Crippen LogP) is 3.27. The van der Waals surface area contributed by atoms with Gasteiger partial charge < -0.3 is 4.57 Å². The summed E-state index contributed by atoms with van der Waals surface area (Å²) in [5.74, 6) is 0.877. The Labute approximate surface area is 87.4 Å². The first kappa shape index (κ1) is 11.3. The molecule has 1 aromatic rings. The van der Waals surface area contributed by atoms with Crippen LogP contribution < -0.4 is 0 Å². The lowest BCUT2D eigenvalue weighted by Gasteiger charge is -2.09. The molecule has 80 valence electrons. The van der Waals surface area contributed by atoms with Crippen molar-refractivity contribution in [3.05, 3.63) is 18.2 Å². The average molecular weight is 194 g/mol. The number of hydrogen-bond donors (Lipinski definition) is 0. The van der Waals surface area contributed by atoms with Gasteiger partial charge in [0.2, 0.25) is 0 Å². The van der Waals surface area contributed by atoms with E-state index in [-0.39, 0.29) is 0 Å². The number of aryl methyl sites for hydroxylation is 2. The first-order valence-corrected chi connectivity index (χ1v) is 5.80. The molecule has 1 aromatic heterocycles. The summed E-state index contributed by atoms with van der Waals surface area (Å²) >= 11 is 0. The van der Waals surface area contributed by atoms with Crippen molar-refractivity contribution in [2.24, 2.45) is 5.92 Å². The number of rotatable bonds is 6. The molecule has 2 heteroatoms. The highest BCUT2D eigenvalue weighted by atomic mass is 15.0. The third-order valence-electron chi connectivity index (χ3n) is 3.02. The summed E-state index contributed by atoms with van der Waals surface area (Å²) in [7, 11) is 0. The fraction of sp³-hybridized carbons (Fsp3) is 0.750. The molecule has 0 aliphatic heterocycles. The van der Waals surface area contributed by atoms with Crippen LogP contribution in [0.4, 0.5) is 0 Å². The molecule has 0 unspecified atom stereocenters. The Hall–Kier alpha value is -0.790. The molecule has 0 saturated heterocycles. The highest BCUT2D eigenvalue weighted by molar-refractivity contribution is 4.96. The molecule has 0 aliphatic rings. The molecule has 0 spiro atoms. The van der Waals surface area contributed by atoms with Gasteiger partial charge in [-0.2, -0.15) is 0 Å². The van der Waals surface area contributed by atoms with Gasteiger partial charge in [0.15, 0.2) is 0 Å². The third kappa shape index (κ3) is 3.17. The standard InChI is InChI=1S/C12H22N2/c1-4-11(5-2)7-8-12-9-14(6-3)10-13-12/h9-11H,4-8H2,1-3H3. The molecular formula is C12H22N2. The molecule has 0 bridgehead atoms. The van der Waals surface area contributed by atoms with Crippen LogP contribution in [0.3, 0.4) is 0 Å². The van der Waals surface area contributed by atoms with Gasteiger partial charge in [0.05, 0.1) is 12.0 Å². The molecule has 2 nitrogen and oxygen atoms in total. The second-order valence-electron chi connectivity index (χ2n) is 3.92. The van der Waals surface area contributed by atoms with E-state index in [1.165, 1.54) is 25.0 Å². The maximum absolute atomic E-state index is 4.39. The fourth-order valence-electron chi connectivity index (χ4n) is 1.76. The maximum atomic E-state index is 4.39. The monoisotopic (exact) mass is 194 g/mol. The first-order chi connectivity index (χ1) is 6.80. The maximum Gasteiger partial charge on any atom is 0.0949 e. The number of imidazole rings is 1. The van der Waals surface area contributed by atoms with Crippen LogP contribution in [0.15, 0.2) is 12.5 Å². The smallest absolute Gasteiger partial charge is 0.0949 e. The van der Waals surface area contributed by atoms with Crippen LogP contribution in [0.25, 0.3) is 0 Å². The molecular weight excluding hydrogens is 172 g/mol. The van der Waals surface area contributed by atoms with Gasteiger partial charge in [-0.15, -0.1) is 0 Å². The molecule has 0 aliphatic carbocycles. The molecule has 1 heterocycles. The Morgan fingerprint density at radius 3 is 2.50 bits per heavy atom. The van der Waals surface area contributed by atoms with Crippen molar-refractivity contribution >= 4 is 0 Å². The second kappa shape index (κ2) is 5.84. The van der Waals surface area contributed by atoms with Gasteiger partial charge in [-0.1, -0.05) is 26.7 Å². The molecule has 0 saturated carbocycles. The minimum atomic E-state index is 0.877. The first-order valence-electron chi connectivity index (χ1n) is 5.80. The summed E-state index contributed by atoms with van der Waals surface area (Å²) in [6.45, 7) is 7.72. The Bertz CT molecular complexity index is 249. The van der Waals surface area contributed by atoms with E-state index in [0.717, 1.165) is 18.9 Å². The van der Waals surface area contributed by atoms with E-state index in [9.17, 15) is 0 Å². The molecule has 0 aromatic carbocycles. The lowest BCUT2D eigenvalue weighted by atomic mass is 9.97. The van der Waals surface area contributed by atoms with Crippen molar-refractivity contribution < 1.29 is 0 Å². The van der Waals surface area contributed by atoms with Crippen molar-refractivity contribution in [3.8, 4) is 0 Å². The van der Waals surface area contributed by atoms with Crippen LogP contribution in [0, 0.1) is 5.92 Å². The SMILES string of the molecule is CCC(CC)CCc1cn(CC)cn1. The van der Waals surface area contributed by atoms with Gasteiger partial charge in [0.25, 0.3) is 0 Å². The summed E-state index contributed by atoms with van der Waals surface area (Å²) in [6.07, 6.45) is 9.12. The summed E-state index contributed by atoms with van der Waals surface area (Å²) < 4.78 is 2.14. The summed E-state index contributed by atoms with van der Waals surface area (Å²) in [5, 5.41) is 0. The Morgan fingerprint density at radius 1 is 1.29 bits per heavy atom. The van der Waals surface area contributed by atoms with Gasteiger partial charge in [-0.3, -0.25) is 0 Å². The van der Waals surface area contributed by atoms with Crippen molar-refractivity contribution in [2.45, 2.75) is 53.0 Å². The van der Waals surface area contributed by atoms with Crippen molar-refractivity contribution in [3.63, 3.8) is 0 Å². The third-order valence-corrected chi connectivity index (χ3v) is 3.02. The van der Waals surface area contributed by atoms with Crippen molar-refractivity contribution in [1.82, 2.24) is 9.55 Å². The summed E-state index contributed by atoms with van der Waals surface area (Å²) in [5.41, 5.74) is 1.25. The quantitative estimate of drug-likeness (QED) is 0.679. The zero-order chi connectivity index (χ0) is 10.4. The van der Waals surface area contributed by atoms with E-state index < -0.39 is 0 Å². The Kier molecular flexibility index (Phi) is 4.71. The van der Waals surface area contributed by atoms with E-state index in [1.54, 1.807) is 0 Å². The van der Waals surface area contributed by atoms with Crippen LogP contribution >= 0.6 is 0 Å². The minimum absolute atomic E-state index is 0.877. The second-order valence-corrected chi connectivity index (χ2v) is 3.92. The van der Waals surface area contributed by atoms with Crippen molar-refractivity contribution in [2.75, 3.05) is 0 Å². The number of aromatic nitrogens is 2. The molecule has 14 heavy (non-hydrogen) atoms. The highest BCUT2D eigenvalue weighted by Gasteiger charge is 2.05. The van der Waals surface area contributed by atoms with Crippen LogP contribution in [-0.2, 0) is 13.0 Å². The van der Waals surface area contributed by atoms with Gasteiger partial charge in [0, 0.05) is 12.7 Å². The van der Waals surface area contributed by atoms with Gasteiger partial charge in [-0.05, 0) is 25.7 Å². The Morgan fingerprint density at radius 2 is 2.00 bits per heavy atom. The lowest BCUT2D eigenvalue weighted by molar-refractivity contribution is 0.454. The predicted molar refractivity (Wildman–Crippen MR) is 60.3 cm³/mol. The highest BCUT2D eigenvalue weighted by Crippen LogP contribution is 2.15. The van der Waals surface area contributed by atoms with Crippen LogP contribution in [0.2, 0.25) is 0 Å². The molecule has 0 amide bonds. The summed E-state index contributed by atoms with van der Waals surface area (Å²) in [6, 6.07) is 0. The topological polar surface area (TPSA) is 17.8 Å². The number of nitrogens with zero attached hydrogens (tertiary/aromatic N) is 2. The van der Waals surface area contributed by atoms with Crippen molar-refractivity contribution in [1.29, 1.82) is 0 Å². The summed E-state index contributed by atoms with van der Waals surface area (Å²) in [4.78, 5) is 4.39. The van der Waals surface area contributed by atoms with E-state index >= 15 is 0 Å². The van der Waals surface area contributed by atoms with Crippen LogP contribution in [0.1, 0.15) is 45.7 Å². The lowest BCUT2D eigenvalue weighted by Crippen LogP contribution is -1.99. The van der Waals surface area contributed by atoms with E-state index in [0.29, 0.717) is 0 Å². The largest absolute Gasteiger partial charge is 0.337 e. The molecule has 0 radical (unpaired) electrons. The zero-order valence-corrected chi connectivity index (χ0v) is 9.66.